The molecule has 0 bridgehead atoms. The number of anilines is 2. The van der Waals surface area contributed by atoms with E-state index in [0.717, 1.165) is 25.9 Å². The molecule has 3 aromatic heterocycles. The van der Waals surface area contributed by atoms with Crippen molar-refractivity contribution >= 4 is 63.9 Å². The Balaban J connectivity index is 1.96. The number of nitrogens with one attached hydrogen (secondary N) is 1. The highest BCUT2D eigenvalue weighted by Crippen LogP contribution is 2.32. The molecule has 0 aliphatic carbocycles. The molecule has 0 amide bonds. The molecular weight excluding hydrogens is 497 g/mol. The third-order valence-corrected chi connectivity index (χ3v) is 6.05. The van der Waals surface area contributed by atoms with Crippen LogP contribution in [0.25, 0.3) is 5.65 Å². The first kappa shape index (κ1) is 24.0. The molecule has 11 heteroatoms. The van der Waals surface area contributed by atoms with Gasteiger partial charge in [0.05, 0.1) is 16.1 Å². The quantitative estimate of drug-likeness (QED) is 0.298. The Morgan fingerprint density at radius 1 is 1.26 bits per heavy atom. The number of carboxylic acid groups (broad SMARTS) is 1. The van der Waals surface area contributed by atoms with Crippen LogP contribution in [0.3, 0.4) is 0 Å². The maximum Gasteiger partial charge on any atom is 0.356 e. The minimum Gasteiger partial charge on any atom is -0.476 e. The van der Waals surface area contributed by atoms with Crippen molar-refractivity contribution in [3.63, 3.8) is 0 Å². The highest BCUT2D eigenvalue weighted by molar-refractivity contribution is 7.79. The number of halogens is 2. The summed E-state index contributed by atoms with van der Waals surface area (Å²) in [5.74, 6) is 5.07. The van der Waals surface area contributed by atoms with Gasteiger partial charge >= 0.3 is 5.97 Å². The predicted octanol–water partition coefficient (Wildman–Crippen LogP) is 4.03. The smallest absolute Gasteiger partial charge is 0.356 e. The molecule has 4 heterocycles. The monoisotopic (exact) mass is 515 g/mol. The van der Waals surface area contributed by atoms with Gasteiger partial charge in [-0.15, -0.1) is 0 Å². The molecule has 34 heavy (non-hydrogen) atoms. The second kappa shape index (κ2) is 9.58. The van der Waals surface area contributed by atoms with Crippen LogP contribution < -0.4 is 15.8 Å². The summed E-state index contributed by atoms with van der Waals surface area (Å²) < 4.78 is 1.36. The SMILES string of the molecule is C[C@](C#CC=S)(Nc1ccc(Cl)nc1C(=O)O)c1cc(Cl)cn2c(=O)cc(N3CCCC3)nc12. The van der Waals surface area contributed by atoms with E-state index in [1.807, 2.05) is 0 Å². The number of thiocarbonyl (C=S) groups is 1. The largest absolute Gasteiger partial charge is 0.476 e. The number of rotatable bonds is 5. The second-order valence-electron chi connectivity index (χ2n) is 7.88. The van der Waals surface area contributed by atoms with E-state index in [2.05, 4.69) is 27.0 Å². The second-order valence-corrected chi connectivity index (χ2v) is 8.94. The van der Waals surface area contributed by atoms with Gasteiger partial charge in [0.25, 0.3) is 5.56 Å². The maximum absolute atomic E-state index is 13.0. The van der Waals surface area contributed by atoms with Crippen LogP contribution >= 0.6 is 35.4 Å². The molecule has 1 saturated heterocycles. The number of aromatic carboxylic acids is 1. The standard InChI is InChI=1S/C23H19Cl2N5O3S/c1-23(7-4-10-34,28-16-5-6-17(25)26-20(16)22(32)33)15-11-14(24)13-30-19(31)12-18(27-21(15)30)29-8-2-3-9-29/h5-6,10-13,28H,2-3,8-9H2,1H3,(H,32,33)/t23-/m1/s1. The van der Waals surface area contributed by atoms with Gasteiger partial charge < -0.3 is 15.3 Å². The van der Waals surface area contributed by atoms with Gasteiger partial charge in [-0.3, -0.25) is 9.20 Å². The maximum atomic E-state index is 13.0. The zero-order chi connectivity index (χ0) is 24.5. The van der Waals surface area contributed by atoms with Crippen LogP contribution in [0.2, 0.25) is 10.2 Å². The van der Waals surface area contributed by atoms with Gasteiger partial charge in [0, 0.05) is 30.9 Å². The van der Waals surface area contributed by atoms with Crippen molar-refractivity contribution in [2.45, 2.75) is 25.3 Å². The molecule has 0 unspecified atom stereocenters. The normalized spacial score (nSPS) is 14.9. The number of pyridine rings is 2. The zero-order valence-electron chi connectivity index (χ0n) is 18.0. The summed E-state index contributed by atoms with van der Waals surface area (Å²) in [5.41, 5.74) is -0.847. The van der Waals surface area contributed by atoms with Gasteiger partial charge in [-0.1, -0.05) is 47.3 Å². The third kappa shape index (κ3) is 4.71. The molecular formula is C23H19Cl2N5O3S. The number of fused-ring (bicyclic) bond motifs is 1. The number of carboxylic acids is 1. The highest BCUT2D eigenvalue weighted by atomic mass is 35.5. The van der Waals surface area contributed by atoms with Crippen molar-refractivity contribution in [3.05, 3.63) is 62.2 Å². The summed E-state index contributed by atoms with van der Waals surface area (Å²) >= 11 is 17.2. The van der Waals surface area contributed by atoms with E-state index in [9.17, 15) is 14.7 Å². The Kier molecular flexibility index (Phi) is 6.75. The first-order valence-corrected chi connectivity index (χ1v) is 11.6. The van der Waals surface area contributed by atoms with E-state index >= 15 is 0 Å². The van der Waals surface area contributed by atoms with Crippen LogP contribution in [0.5, 0.6) is 0 Å². The number of hydrogen-bond acceptors (Lipinski definition) is 7. The molecule has 0 spiro atoms. The predicted molar refractivity (Wildman–Crippen MR) is 137 cm³/mol. The average Bonchev–Trinajstić information content (AvgIpc) is 3.34. The minimum atomic E-state index is -1.27. The molecule has 4 rings (SSSR count). The molecule has 1 atom stereocenters. The Morgan fingerprint density at radius 2 is 2.00 bits per heavy atom. The topological polar surface area (TPSA) is 99.8 Å². The molecule has 8 nitrogen and oxygen atoms in total. The fourth-order valence-electron chi connectivity index (χ4n) is 3.94. The van der Waals surface area contributed by atoms with Crippen molar-refractivity contribution in [2.75, 3.05) is 23.3 Å². The number of hydrogen-bond donors (Lipinski definition) is 2. The van der Waals surface area contributed by atoms with E-state index in [-0.39, 0.29) is 27.1 Å². The van der Waals surface area contributed by atoms with Crippen LogP contribution in [0, 0.1) is 11.8 Å². The lowest BCUT2D eigenvalue weighted by atomic mass is 9.92. The van der Waals surface area contributed by atoms with Gasteiger partial charge in [0.1, 0.15) is 22.2 Å². The van der Waals surface area contributed by atoms with Gasteiger partial charge in [0.2, 0.25) is 0 Å². The molecule has 2 N–H and O–H groups in total. The summed E-state index contributed by atoms with van der Waals surface area (Å²) in [6.07, 6.45) is 3.54. The van der Waals surface area contributed by atoms with Gasteiger partial charge in [0.15, 0.2) is 5.69 Å². The lowest BCUT2D eigenvalue weighted by Gasteiger charge is -2.29. The Bertz CT molecular complexity index is 1430. The summed E-state index contributed by atoms with van der Waals surface area (Å²) in [6, 6.07) is 6.09. The molecule has 0 radical (unpaired) electrons. The lowest BCUT2D eigenvalue weighted by Crippen LogP contribution is -2.33. The molecule has 1 fully saturated rings. The zero-order valence-corrected chi connectivity index (χ0v) is 20.3. The number of nitrogens with zero attached hydrogens (tertiary/aromatic N) is 4. The molecule has 174 valence electrons. The van der Waals surface area contributed by atoms with Crippen LogP contribution in [-0.2, 0) is 5.54 Å². The average molecular weight is 516 g/mol. The van der Waals surface area contributed by atoms with E-state index in [0.29, 0.717) is 17.0 Å². The van der Waals surface area contributed by atoms with Crippen LogP contribution in [0.1, 0.15) is 35.8 Å². The molecule has 1 aliphatic heterocycles. The van der Waals surface area contributed by atoms with Crippen molar-refractivity contribution < 1.29 is 9.90 Å². The fraction of sp³-hybridized carbons (Fsp3) is 0.261. The summed E-state index contributed by atoms with van der Waals surface area (Å²) in [7, 11) is 0. The van der Waals surface area contributed by atoms with E-state index in [1.54, 1.807) is 13.0 Å². The van der Waals surface area contributed by atoms with Crippen LogP contribution in [0.4, 0.5) is 11.5 Å². The number of carbonyl (C=O) groups is 1. The summed E-state index contributed by atoms with van der Waals surface area (Å²) in [4.78, 5) is 35.6. The van der Waals surface area contributed by atoms with Crippen molar-refractivity contribution in [1.82, 2.24) is 14.4 Å². The highest BCUT2D eigenvalue weighted by Gasteiger charge is 2.31. The molecule has 0 saturated carbocycles. The van der Waals surface area contributed by atoms with Gasteiger partial charge in [-0.2, -0.15) is 0 Å². The molecule has 0 aromatic carbocycles. The number of aromatic nitrogens is 3. The van der Waals surface area contributed by atoms with Gasteiger partial charge in [-0.25, -0.2) is 14.8 Å². The van der Waals surface area contributed by atoms with Crippen molar-refractivity contribution in [1.29, 1.82) is 0 Å². The summed E-state index contributed by atoms with van der Waals surface area (Å²) in [6.45, 7) is 3.34. The van der Waals surface area contributed by atoms with Crippen molar-refractivity contribution in [2.24, 2.45) is 0 Å². The third-order valence-electron chi connectivity index (χ3n) is 5.51. The molecule has 1 aliphatic rings. The Hall–Kier alpha value is -3.19. The Labute approximate surface area is 210 Å². The Morgan fingerprint density at radius 3 is 2.68 bits per heavy atom. The fourth-order valence-corrected chi connectivity index (χ4v) is 4.35. The van der Waals surface area contributed by atoms with Crippen LogP contribution in [0.15, 0.2) is 35.3 Å². The molecule has 3 aromatic rings. The van der Waals surface area contributed by atoms with E-state index in [1.165, 1.54) is 34.2 Å². The minimum absolute atomic E-state index is 0.0336. The van der Waals surface area contributed by atoms with E-state index in [4.69, 9.17) is 40.4 Å². The van der Waals surface area contributed by atoms with Gasteiger partial charge in [-0.05, 0) is 38.0 Å². The summed E-state index contributed by atoms with van der Waals surface area (Å²) in [5, 5.41) is 14.3. The lowest BCUT2D eigenvalue weighted by molar-refractivity contribution is 0.0691. The van der Waals surface area contributed by atoms with E-state index < -0.39 is 11.5 Å². The first-order valence-electron chi connectivity index (χ1n) is 10.3. The van der Waals surface area contributed by atoms with Crippen molar-refractivity contribution in [3.8, 4) is 11.8 Å². The van der Waals surface area contributed by atoms with Crippen LogP contribution in [-0.4, -0.2) is 43.9 Å². The first-order chi connectivity index (χ1) is 16.2.